The zero-order valence-electron chi connectivity index (χ0n) is 12.3. The molecular formula is C17H23NO3. The smallest absolute Gasteiger partial charge is 0.335 e. The van der Waals surface area contributed by atoms with Gasteiger partial charge in [0.2, 0.25) is 5.91 Å². The van der Waals surface area contributed by atoms with E-state index in [1.807, 2.05) is 0 Å². The first kappa shape index (κ1) is 15.5. The average Bonchev–Trinajstić information content (AvgIpc) is 2.99. The molecule has 2 N–H and O–H groups in total. The molecular weight excluding hydrogens is 266 g/mol. The largest absolute Gasteiger partial charge is 0.478 e. The van der Waals surface area contributed by atoms with E-state index in [-0.39, 0.29) is 11.5 Å². The molecule has 0 saturated heterocycles. The summed E-state index contributed by atoms with van der Waals surface area (Å²) in [7, 11) is 0. The standard InChI is InChI=1S/C17H23NO3/c19-16(7-3-6-13-4-1-2-5-13)18-12-14-8-10-15(11-9-14)17(20)21/h8-11,13H,1-7,12H2,(H,18,19)(H,20,21). The van der Waals surface area contributed by atoms with E-state index in [0.717, 1.165) is 17.9 Å². The van der Waals surface area contributed by atoms with Crippen molar-refractivity contribution in [2.75, 3.05) is 0 Å². The van der Waals surface area contributed by atoms with Gasteiger partial charge in [-0.25, -0.2) is 4.79 Å². The first-order valence-corrected chi connectivity index (χ1v) is 7.74. The zero-order chi connectivity index (χ0) is 15.1. The van der Waals surface area contributed by atoms with Crippen LogP contribution >= 0.6 is 0 Å². The van der Waals surface area contributed by atoms with Gasteiger partial charge >= 0.3 is 5.97 Å². The minimum absolute atomic E-state index is 0.0790. The number of amides is 1. The Morgan fingerprint density at radius 1 is 1.14 bits per heavy atom. The summed E-state index contributed by atoms with van der Waals surface area (Å²) in [5.41, 5.74) is 1.19. The van der Waals surface area contributed by atoms with E-state index in [2.05, 4.69) is 5.32 Å². The first-order chi connectivity index (χ1) is 10.1. The van der Waals surface area contributed by atoms with Crippen LogP contribution in [0.2, 0.25) is 0 Å². The van der Waals surface area contributed by atoms with Crippen LogP contribution < -0.4 is 5.32 Å². The number of carbonyl (C=O) groups is 2. The lowest BCUT2D eigenvalue weighted by Gasteiger charge is -2.09. The van der Waals surface area contributed by atoms with Gasteiger partial charge in [0, 0.05) is 13.0 Å². The van der Waals surface area contributed by atoms with Crippen LogP contribution in [0.1, 0.15) is 60.9 Å². The lowest BCUT2D eigenvalue weighted by Crippen LogP contribution is -2.22. The van der Waals surface area contributed by atoms with E-state index in [4.69, 9.17) is 5.11 Å². The number of nitrogens with one attached hydrogen (secondary N) is 1. The maximum atomic E-state index is 11.8. The highest BCUT2D eigenvalue weighted by molar-refractivity contribution is 5.87. The molecule has 0 aromatic heterocycles. The number of hydrogen-bond acceptors (Lipinski definition) is 2. The lowest BCUT2D eigenvalue weighted by atomic mass is 10.0. The second-order valence-corrected chi connectivity index (χ2v) is 5.82. The van der Waals surface area contributed by atoms with E-state index < -0.39 is 5.97 Å². The van der Waals surface area contributed by atoms with Crippen molar-refractivity contribution >= 4 is 11.9 Å². The van der Waals surface area contributed by atoms with Crippen LogP contribution in [-0.2, 0) is 11.3 Å². The van der Waals surface area contributed by atoms with Crippen molar-refractivity contribution in [1.82, 2.24) is 5.32 Å². The van der Waals surface area contributed by atoms with Crippen LogP contribution in [-0.4, -0.2) is 17.0 Å². The first-order valence-electron chi connectivity index (χ1n) is 7.74. The van der Waals surface area contributed by atoms with E-state index in [9.17, 15) is 9.59 Å². The molecule has 0 bridgehead atoms. The van der Waals surface area contributed by atoms with Crippen LogP contribution in [0.3, 0.4) is 0 Å². The SMILES string of the molecule is O=C(CCCC1CCCC1)NCc1ccc(C(=O)O)cc1. The van der Waals surface area contributed by atoms with Crippen molar-refractivity contribution in [2.24, 2.45) is 5.92 Å². The second kappa shape index (κ2) is 7.81. The summed E-state index contributed by atoms with van der Waals surface area (Å²) in [6.45, 7) is 0.460. The number of carboxylic acid groups (broad SMARTS) is 1. The fraction of sp³-hybridized carbons (Fsp3) is 0.529. The lowest BCUT2D eigenvalue weighted by molar-refractivity contribution is -0.121. The van der Waals surface area contributed by atoms with Crippen molar-refractivity contribution in [1.29, 1.82) is 0 Å². The topological polar surface area (TPSA) is 66.4 Å². The maximum Gasteiger partial charge on any atom is 0.335 e. The predicted molar refractivity (Wildman–Crippen MR) is 81.1 cm³/mol. The average molecular weight is 289 g/mol. The Balaban J connectivity index is 1.64. The Kier molecular flexibility index (Phi) is 5.78. The maximum absolute atomic E-state index is 11.8. The fourth-order valence-corrected chi connectivity index (χ4v) is 2.90. The van der Waals surface area contributed by atoms with Crippen LogP contribution in [0.4, 0.5) is 0 Å². The van der Waals surface area contributed by atoms with Crippen LogP contribution in [0.25, 0.3) is 0 Å². The van der Waals surface area contributed by atoms with Crippen LogP contribution in [0.15, 0.2) is 24.3 Å². The molecule has 1 aliphatic rings. The fourth-order valence-electron chi connectivity index (χ4n) is 2.90. The predicted octanol–water partition coefficient (Wildman–Crippen LogP) is 3.36. The Morgan fingerprint density at radius 3 is 2.43 bits per heavy atom. The molecule has 4 nitrogen and oxygen atoms in total. The molecule has 0 atom stereocenters. The summed E-state index contributed by atoms with van der Waals surface area (Å²) in [4.78, 5) is 22.5. The number of carbonyl (C=O) groups excluding carboxylic acids is 1. The molecule has 1 saturated carbocycles. The molecule has 114 valence electrons. The van der Waals surface area contributed by atoms with Gasteiger partial charge in [0.05, 0.1) is 5.56 Å². The van der Waals surface area contributed by atoms with Gasteiger partial charge in [0.1, 0.15) is 0 Å². The highest BCUT2D eigenvalue weighted by Crippen LogP contribution is 2.28. The highest BCUT2D eigenvalue weighted by Gasteiger charge is 2.14. The monoisotopic (exact) mass is 289 g/mol. The minimum Gasteiger partial charge on any atom is -0.478 e. The van der Waals surface area contributed by atoms with Gasteiger partial charge in [-0.15, -0.1) is 0 Å². The molecule has 4 heteroatoms. The number of aromatic carboxylic acids is 1. The Hall–Kier alpha value is -1.84. The van der Waals surface area contributed by atoms with E-state index >= 15 is 0 Å². The number of carboxylic acids is 1. The van der Waals surface area contributed by atoms with Crippen molar-refractivity contribution < 1.29 is 14.7 Å². The van der Waals surface area contributed by atoms with Crippen molar-refractivity contribution in [2.45, 2.75) is 51.5 Å². The molecule has 0 radical (unpaired) electrons. The van der Waals surface area contributed by atoms with Crippen LogP contribution in [0.5, 0.6) is 0 Å². The summed E-state index contributed by atoms with van der Waals surface area (Å²) in [6, 6.07) is 6.60. The molecule has 21 heavy (non-hydrogen) atoms. The number of hydrogen-bond donors (Lipinski definition) is 2. The van der Waals surface area contributed by atoms with Crippen LogP contribution in [0, 0.1) is 5.92 Å². The molecule has 1 amide bonds. The third-order valence-corrected chi connectivity index (χ3v) is 4.18. The summed E-state index contributed by atoms with van der Waals surface area (Å²) >= 11 is 0. The Labute approximate surface area is 125 Å². The van der Waals surface area contributed by atoms with Gasteiger partial charge < -0.3 is 10.4 Å². The quantitative estimate of drug-likeness (QED) is 0.809. The molecule has 1 fully saturated rings. The molecule has 2 rings (SSSR count). The number of benzene rings is 1. The van der Waals surface area contributed by atoms with Gasteiger partial charge in [-0.1, -0.05) is 37.8 Å². The van der Waals surface area contributed by atoms with Gasteiger partial charge in [0.15, 0.2) is 0 Å². The molecule has 0 heterocycles. The molecule has 0 spiro atoms. The van der Waals surface area contributed by atoms with Gasteiger partial charge in [-0.2, -0.15) is 0 Å². The zero-order valence-corrected chi connectivity index (χ0v) is 12.3. The van der Waals surface area contributed by atoms with E-state index in [1.54, 1.807) is 24.3 Å². The molecule has 1 aromatic rings. The van der Waals surface area contributed by atoms with Crippen molar-refractivity contribution in [3.63, 3.8) is 0 Å². The van der Waals surface area contributed by atoms with Gasteiger partial charge in [-0.05, 0) is 36.5 Å². The third kappa shape index (κ3) is 5.21. The summed E-state index contributed by atoms with van der Waals surface area (Å²) in [5, 5.41) is 11.7. The highest BCUT2D eigenvalue weighted by atomic mass is 16.4. The molecule has 0 aliphatic heterocycles. The minimum atomic E-state index is -0.933. The van der Waals surface area contributed by atoms with Gasteiger partial charge in [0.25, 0.3) is 0 Å². The molecule has 0 unspecified atom stereocenters. The summed E-state index contributed by atoms with van der Waals surface area (Å²) < 4.78 is 0. The second-order valence-electron chi connectivity index (χ2n) is 5.82. The Morgan fingerprint density at radius 2 is 1.81 bits per heavy atom. The third-order valence-electron chi connectivity index (χ3n) is 4.18. The Bertz CT molecular complexity index is 475. The summed E-state index contributed by atoms with van der Waals surface area (Å²) in [5.74, 6) is -0.0193. The summed E-state index contributed by atoms with van der Waals surface area (Å²) in [6.07, 6.45) is 8.08. The van der Waals surface area contributed by atoms with E-state index in [1.165, 1.54) is 32.1 Å². The molecule has 1 aliphatic carbocycles. The van der Waals surface area contributed by atoms with Crippen molar-refractivity contribution in [3.8, 4) is 0 Å². The van der Waals surface area contributed by atoms with Crippen molar-refractivity contribution in [3.05, 3.63) is 35.4 Å². The normalized spacial score (nSPS) is 15.0. The molecule has 1 aromatic carbocycles. The van der Waals surface area contributed by atoms with E-state index in [0.29, 0.717) is 13.0 Å². The van der Waals surface area contributed by atoms with Gasteiger partial charge in [-0.3, -0.25) is 4.79 Å². The number of rotatable bonds is 7.